The lowest BCUT2D eigenvalue weighted by Gasteiger charge is -2.42. The Bertz CT molecular complexity index is 1150. The average molecular weight is 559 g/mol. The molecule has 0 spiro atoms. The Balaban J connectivity index is 1.48. The summed E-state index contributed by atoms with van der Waals surface area (Å²) in [5, 5.41) is 2.74. The van der Waals surface area contributed by atoms with Crippen molar-refractivity contribution in [3.63, 3.8) is 0 Å². The Morgan fingerprint density at radius 1 is 0.923 bits per heavy atom. The van der Waals surface area contributed by atoms with Crippen LogP contribution < -0.4 is 14.8 Å². The lowest BCUT2D eigenvalue weighted by Crippen LogP contribution is -2.49. The summed E-state index contributed by atoms with van der Waals surface area (Å²) in [6, 6.07) is 6.13. The minimum atomic E-state index is -4.95. The molecule has 1 amide bonds. The molecule has 39 heavy (non-hydrogen) atoms. The first kappa shape index (κ1) is 29.0. The number of hydrogen-bond acceptors (Lipinski definition) is 4. The first-order valence-corrected chi connectivity index (χ1v) is 12.9. The number of fused-ring (bicyclic) bond motifs is 1. The predicted octanol–water partition coefficient (Wildman–Crippen LogP) is 6.96. The topological polar surface area (TPSA) is 50.8 Å². The summed E-state index contributed by atoms with van der Waals surface area (Å²) in [5.41, 5.74) is -2.78. The van der Waals surface area contributed by atoms with Crippen molar-refractivity contribution in [2.24, 2.45) is 11.3 Å². The molecule has 5 nitrogen and oxygen atoms in total. The number of nitrogens with zero attached hydrogens (tertiary/aromatic N) is 1. The van der Waals surface area contributed by atoms with Gasteiger partial charge in [-0.3, -0.25) is 9.69 Å². The number of halogens is 6. The van der Waals surface area contributed by atoms with Crippen molar-refractivity contribution in [1.29, 1.82) is 0 Å². The number of hydrogen-bond donors (Lipinski definition) is 1. The molecule has 4 rings (SSSR count). The number of likely N-dealkylation sites (tertiary alicyclic amines) is 1. The summed E-state index contributed by atoms with van der Waals surface area (Å²) in [5.74, 6) is 1.20. The van der Waals surface area contributed by atoms with Gasteiger partial charge in [0.1, 0.15) is 0 Å². The molecule has 0 bridgehead atoms. The van der Waals surface area contributed by atoms with Crippen LogP contribution in [0, 0.1) is 11.3 Å². The summed E-state index contributed by atoms with van der Waals surface area (Å²) in [6.07, 6.45) is -8.32. The smallest absolute Gasteiger partial charge is 0.416 e. The molecule has 1 saturated heterocycles. The molecule has 214 valence electrons. The predicted molar refractivity (Wildman–Crippen MR) is 132 cm³/mol. The van der Waals surface area contributed by atoms with E-state index >= 15 is 0 Å². The summed E-state index contributed by atoms with van der Waals surface area (Å²) in [7, 11) is 0. The number of benzene rings is 2. The molecule has 11 heteroatoms. The molecule has 0 radical (unpaired) electrons. The van der Waals surface area contributed by atoms with Crippen LogP contribution in [0.2, 0.25) is 0 Å². The first-order valence-electron chi connectivity index (χ1n) is 12.9. The van der Waals surface area contributed by atoms with E-state index in [2.05, 4.69) is 10.2 Å². The quantitative estimate of drug-likeness (QED) is 0.374. The van der Waals surface area contributed by atoms with Gasteiger partial charge in [-0.05, 0) is 86.7 Å². The van der Waals surface area contributed by atoms with Crippen LogP contribution in [0.5, 0.6) is 11.5 Å². The minimum Gasteiger partial charge on any atom is -0.454 e. The second-order valence-electron chi connectivity index (χ2n) is 10.9. The van der Waals surface area contributed by atoms with Gasteiger partial charge < -0.3 is 14.8 Å². The number of carbonyl (C=O) groups excluding carboxylic acids is 1. The van der Waals surface area contributed by atoms with Gasteiger partial charge in [-0.25, -0.2) is 0 Å². The van der Waals surface area contributed by atoms with Crippen LogP contribution in [0.25, 0.3) is 0 Å². The fraction of sp³-hybridized carbons (Fsp3) is 0.536. The Morgan fingerprint density at radius 2 is 1.51 bits per heavy atom. The second-order valence-corrected chi connectivity index (χ2v) is 10.9. The number of ether oxygens (including phenoxy) is 2. The minimum absolute atomic E-state index is 0.0914. The van der Waals surface area contributed by atoms with Crippen LogP contribution in [-0.4, -0.2) is 30.7 Å². The molecule has 1 unspecified atom stereocenters. The highest BCUT2D eigenvalue weighted by atomic mass is 19.4. The van der Waals surface area contributed by atoms with Crippen molar-refractivity contribution in [2.75, 3.05) is 19.9 Å². The third kappa shape index (κ3) is 6.80. The fourth-order valence-electron chi connectivity index (χ4n) is 5.40. The van der Waals surface area contributed by atoms with Crippen LogP contribution in [0.15, 0.2) is 36.4 Å². The van der Waals surface area contributed by atoms with E-state index in [1.165, 1.54) is 6.92 Å². The van der Waals surface area contributed by atoms with Gasteiger partial charge >= 0.3 is 12.4 Å². The van der Waals surface area contributed by atoms with Crippen LogP contribution in [0.4, 0.5) is 26.3 Å². The van der Waals surface area contributed by atoms with Gasteiger partial charge in [-0.2, -0.15) is 26.3 Å². The van der Waals surface area contributed by atoms with Crippen molar-refractivity contribution in [3.05, 3.63) is 58.7 Å². The van der Waals surface area contributed by atoms with Gasteiger partial charge in [0, 0.05) is 6.54 Å². The lowest BCUT2D eigenvalue weighted by atomic mass is 9.71. The van der Waals surface area contributed by atoms with Crippen molar-refractivity contribution < 1.29 is 40.6 Å². The highest BCUT2D eigenvalue weighted by Crippen LogP contribution is 2.41. The molecular weight excluding hydrogens is 526 g/mol. The molecule has 1 atom stereocenters. The third-order valence-corrected chi connectivity index (χ3v) is 7.39. The first-order chi connectivity index (χ1) is 18.2. The standard InChI is InChI=1S/C28H32F6N2O3/c1-17(2)14-26(6-8-36(9-7-26)15-19-4-5-23-24(10-19)39-16-38-23)25(37)35-18(3)20-11-21(27(29,30)31)13-22(12-20)28(32,33)34/h4-5,10-13,17-18H,6-9,14-16H2,1-3H3,(H,35,37). The van der Waals surface area contributed by atoms with Crippen molar-refractivity contribution >= 4 is 5.91 Å². The monoisotopic (exact) mass is 558 g/mol. The maximum Gasteiger partial charge on any atom is 0.416 e. The van der Waals surface area contributed by atoms with E-state index in [1.54, 1.807) is 0 Å². The van der Waals surface area contributed by atoms with E-state index in [0.29, 0.717) is 62.5 Å². The van der Waals surface area contributed by atoms with E-state index in [9.17, 15) is 31.1 Å². The van der Waals surface area contributed by atoms with E-state index in [4.69, 9.17) is 9.47 Å². The fourth-order valence-corrected chi connectivity index (χ4v) is 5.40. The third-order valence-electron chi connectivity index (χ3n) is 7.39. The number of amides is 1. The Hall–Kier alpha value is -2.95. The summed E-state index contributed by atoms with van der Waals surface area (Å²) < 4.78 is 90.9. The highest BCUT2D eigenvalue weighted by Gasteiger charge is 2.43. The Labute approximate surface area is 223 Å². The summed E-state index contributed by atoms with van der Waals surface area (Å²) in [6.45, 7) is 7.45. The van der Waals surface area contributed by atoms with Gasteiger partial charge in [-0.1, -0.05) is 19.9 Å². The molecule has 0 aliphatic carbocycles. The van der Waals surface area contributed by atoms with E-state index in [1.807, 2.05) is 32.0 Å². The van der Waals surface area contributed by atoms with Gasteiger partial charge in [-0.15, -0.1) is 0 Å². The number of carbonyl (C=O) groups is 1. The molecule has 2 aromatic rings. The largest absolute Gasteiger partial charge is 0.454 e. The second kappa shape index (κ2) is 10.9. The molecule has 0 aromatic heterocycles. The van der Waals surface area contributed by atoms with Gasteiger partial charge in [0.15, 0.2) is 11.5 Å². The molecule has 2 heterocycles. The van der Waals surface area contributed by atoms with Gasteiger partial charge in [0.2, 0.25) is 12.7 Å². The molecular formula is C28H32F6N2O3. The number of rotatable bonds is 7. The molecule has 1 fully saturated rings. The number of piperidine rings is 1. The summed E-state index contributed by atoms with van der Waals surface area (Å²) >= 11 is 0. The van der Waals surface area contributed by atoms with Crippen molar-refractivity contribution in [1.82, 2.24) is 10.2 Å². The van der Waals surface area contributed by atoms with Crippen LogP contribution in [0.1, 0.15) is 68.3 Å². The SMILES string of the molecule is CC(C)CC1(C(=O)NC(C)c2cc(C(F)(F)F)cc(C(F)(F)F)c2)CCN(Cc2ccc3c(c2)OCO3)CC1. The van der Waals surface area contributed by atoms with Gasteiger partial charge in [0.25, 0.3) is 0 Å². The van der Waals surface area contributed by atoms with E-state index in [-0.39, 0.29) is 30.2 Å². The molecule has 1 N–H and O–H groups in total. The Morgan fingerprint density at radius 3 is 2.08 bits per heavy atom. The zero-order valence-electron chi connectivity index (χ0n) is 22.0. The number of alkyl halides is 6. The van der Waals surface area contributed by atoms with Gasteiger partial charge in [0.05, 0.1) is 22.6 Å². The molecule has 0 saturated carbocycles. The maximum absolute atomic E-state index is 13.6. The van der Waals surface area contributed by atoms with E-state index < -0.39 is 34.9 Å². The van der Waals surface area contributed by atoms with Crippen molar-refractivity contribution in [3.8, 4) is 11.5 Å². The lowest BCUT2D eigenvalue weighted by molar-refractivity contribution is -0.143. The van der Waals surface area contributed by atoms with E-state index in [0.717, 1.165) is 5.56 Å². The van der Waals surface area contributed by atoms with Crippen LogP contribution in [0.3, 0.4) is 0 Å². The van der Waals surface area contributed by atoms with Crippen LogP contribution in [-0.2, 0) is 23.7 Å². The highest BCUT2D eigenvalue weighted by molar-refractivity contribution is 5.83. The molecule has 2 aromatic carbocycles. The zero-order valence-corrected chi connectivity index (χ0v) is 22.0. The summed E-state index contributed by atoms with van der Waals surface area (Å²) in [4.78, 5) is 15.8. The normalized spacial score (nSPS) is 18.3. The Kier molecular flexibility index (Phi) is 8.12. The average Bonchev–Trinajstić information content (AvgIpc) is 3.31. The molecule has 2 aliphatic heterocycles. The zero-order chi connectivity index (χ0) is 28.6. The van der Waals surface area contributed by atoms with Crippen molar-refractivity contribution in [2.45, 2.75) is 65.0 Å². The molecule has 2 aliphatic rings. The van der Waals surface area contributed by atoms with Crippen LogP contribution >= 0.6 is 0 Å². The maximum atomic E-state index is 13.6. The number of nitrogens with one attached hydrogen (secondary N) is 1.